The van der Waals surface area contributed by atoms with Gasteiger partial charge in [0.1, 0.15) is 5.76 Å². The average molecular weight is 442 g/mol. The van der Waals surface area contributed by atoms with Gasteiger partial charge in [-0.2, -0.15) is 0 Å². The van der Waals surface area contributed by atoms with E-state index in [0.717, 1.165) is 16.9 Å². The van der Waals surface area contributed by atoms with Crippen LogP contribution in [0.2, 0.25) is 0 Å². The minimum atomic E-state index is -0.465. The highest BCUT2D eigenvalue weighted by atomic mass is 32.2. The van der Waals surface area contributed by atoms with Crippen LogP contribution in [0.5, 0.6) is 0 Å². The number of aryl methyl sites for hydroxylation is 1. The molecule has 1 aromatic carbocycles. The van der Waals surface area contributed by atoms with Gasteiger partial charge in [-0.15, -0.1) is 10.2 Å². The molecule has 2 N–H and O–H groups in total. The van der Waals surface area contributed by atoms with Crippen LogP contribution in [0.15, 0.2) is 55.9 Å². The summed E-state index contributed by atoms with van der Waals surface area (Å²) in [6.45, 7) is 1.73. The Morgan fingerprint density at radius 3 is 2.67 bits per heavy atom. The van der Waals surface area contributed by atoms with Gasteiger partial charge in [0.05, 0.1) is 5.75 Å². The van der Waals surface area contributed by atoms with E-state index in [-0.39, 0.29) is 17.4 Å². The highest BCUT2D eigenvalue weighted by Gasteiger charge is 2.16. The van der Waals surface area contributed by atoms with E-state index in [9.17, 15) is 9.59 Å². The Bertz CT molecular complexity index is 1170. The highest BCUT2D eigenvalue weighted by Crippen LogP contribution is 2.26. The molecule has 0 fully saturated rings. The van der Waals surface area contributed by atoms with Crippen molar-refractivity contribution in [3.63, 3.8) is 0 Å². The van der Waals surface area contributed by atoms with Crippen LogP contribution in [0.4, 0.5) is 10.9 Å². The number of aromatic nitrogens is 4. The number of benzene rings is 1. The molecule has 0 unspecified atom stereocenters. The third-order valence-corrected chi connectivity index (χ3v) is 5.62. The maximum atomic E-state index is 12.4. The molecule has 12 heteroatoms. The van der Waals surface area contributed by atoms with Crippen LogP contribution in [0.1, 0.15) is 16.2 Å². The van der Waals surface area contributed by atoms with E-state index in [1.54, 1.807) is 19.1 Å². The van der Waals surface area contributed by atoms with Gasteiger partial charge in [-0.1, -0.05) is 63.7 Å². The number of thioether (sulfide) groups is 1. The molecule has 152 valence electrons. The molecule has 3 aromatic heterocycles. The van der Waals surface area contributed by atoms with Gasteiger partial charge < -0.3 is 14.4 Å². The molecule has 0 spiro atoms. The van der Waals surface area contributed by atoms with Crippen LogP contribution in [0.3, 0.4) is 0 Å². The molecule has 4 aromatic rings. The molecule has 0 aliphatic rings. The molecular weight excluding hydrogens is 428 g/mol. The zero-order valence-corrected chi connectivity index (χ0v) is 17.1. The van der Waals surface area contributed by atoms with Crippen molar-refractivity contribution in [2.24, 2.45) is 0 Å². The number of nitrogens with one attached hydrogen (secondary N) is 2. The van der Waals surface area contributed by atoms with E-state index in [1.165, 1.54) is 11.8 Å². The van der Waals surface area contributed by atoms with E-state index >= 15 is 0 Å². The number of carbonyl (C=O) groups excluding carboxylic acids is 2. The number of amides is 2. The fourth-order valence-electron chi connectivity index (χ4n) is 2.33. The summed E-state index contributed by atoms with van der Waals surface area (Å²) in [5, 5.41) is 20.9. The van der Waals surface area contributed by atoms with Crippen molar-refractivity contribution in [3.8, 4) is 11.3 Å². The number of hydrogen-bond donors (Lipinski definition) is 2. The summed E-state index contributed by atoms with van der Waals surface area (Å²) in [7, 11) is 0. The van der Waals surface area contributed by atoms with Crippen LogP contribution in [0.25, 0.3) is 11.3 Å². The second kappa shape index (κ2) is 8.88. The van der Waals surface area contributed by atoms with Crippen LogP contribution >= 0.6 is 23.1 Å². The number of anilines is 2. The standard InChI is InChI=1S/C18H14N6O4S2/c1-10-7-14(24-27-10)19-15(25)9-29-18-22-21-17(30-18)20-16(26)12-8-13(28-23-12)11-5-3-2-4-6-11/h2-8H,9H2,1H3,(H,19,24,25)(H,20,21,26). The SMILES string of the molecule is Cc1cc(NC(=O)CSc2nnc(NC(=O)c3cc(-c4ccccc4)on3)s2)no1. The van der Waals surface area contributed by atoms with Gasteiger partial charge in [0, 0.05) is 17.7 Å². The van der Waals surface area contributed by atoms with Gasteiger partial charge in [-0.25, -0.2) is 0 Å². The Balaban J connectivity index is 1.30. The molecule has 30 heavy (non-hydrogen) atoms. The largest absolute Gasteiger partial charge is 0.360 e. The molecular formula is C18H14N6O4S2. The Hall–Kier alpha value is -3.51. The Labute approximate surface area is 178 Å². The lowest BCUT2D eigenvalue weighted by molar-refractivity contribution is -0.113. The average Bonchev–Trinajstić information content (AvgIpc) is 3.49. The maximum Gasteiger partial charge on any atom is 0.279 e. The molecule has 0 bridgehead atoms. The summed E-state index contributed by atoms with van der Waals surface area (Å²) in [5.74, 6) is 0.829. The Kier molecular flexibility index (Phi) is 5.86. The number of hydrogen-bond acceptors (Lipinski definition) is 10. The second-order valence-electron chi connectivity index (χ2n) is 5.93. The van der Waals surface area contributed by atoms with E-state index in [0.29, 0.717) is 26.8 Å². The summed E-state index contributed by atoms with van der Waals surface area (Å²) < 4.78 is 10.6. The van der Waals surface area contributed by atoms with Crippen molar-refractivity contribution < 1.29 is 18.6 Å². The molecule has 0 radical (unpaired) electrons. The van der Waals surface area contributed by atoms with Crippen LogP contribution in [-0.2, 0) is 4.79 Å². The van der Waals surface area contributed by atoms with Crippen molar-refractivity contribution >= 4 is 45.9 Å². The van der Waals surface area contributed by atoms with Crippen molar-refractivity contribution in [1.82, 2.24) is 20.5 Å². The summed E-state index contributed by atoms with van der Waals surface area (Å²) in [4.78, 5) is 24.3. The molecule has 0 atom stereocenters. The van der Waals surface area contributed by atoms with Crippen LogP contribution < -0.4 is 10.6 Å². The maximum absolute atomic E-state index is 12.4. The molecule has 0 saturated heterocycles. The summed E-state index contributed by atoms with van der Waals surface area (Å²) >= 11 is 2.34. The van der Waals surface area contributed by atoms with Crippen molar-refractivity contribution in [2.45, 2.75) is 11.3 Å². The Morgan fingerprint density at radius 2 is 1.90 bits per heavy atom. The van der Waals surface area contributed by atoms with Gasteiger partial charge in [0.25, 0.3) is 5.91 Å². The van der Waals surface area contributed by atoms with Crippen LogP contribution in [0, 0.1) is 6.92 Å². The minimum Gasteiger partial charge on any atom is -0.360 e. The van der Waals surface area contributed by atoms with Crippen molar-refractivity contribution in [3.05, 3.63) is 53.9 Å². The smallest absolute Gasteiger partial charge is 0.279 e. The first-order valence-electron chi connectivity index (χ1n) is 8.60. The van der Waals surface area contributed by atoms with Gasteiger partial charge >= 0.3 is 0 Å². The molecule has 0 saturated carbocycles. The van der Waals surface area contributed by atoms with Gasteiger partial charge in [-0.05, 0) is 6.92 Å². The molecule has 4 rings (SSSR count). The van der Waals surface area contributed by atoms with Crippen molar-refractivity contribution in [1.29, 1.82) is 0 Å². The monoisotopic (exact) mass is 442 g/mol. The molecule has 2 amide bonds. The number of nitrogens with zero attached hydrogens (tertiary/aromatic N) is 4. The topological polar surface area (TPSA) is 136 Å². The molecule has 3 heterocycles. The third kappa shape index (κ3) is 4.90. The van der Waals surface area contributed by atoms with Crippen molar-refractivity contribution in [2.75, 3.05) is 16.4 Å². The first-order chi connectivity index (χ1) is 14.6. The lowest BCUT2D eigenvalue weighted by Crippen LogP contribution is -2.14. The first-order valence-corrected chi connectivity index (χ1v) is 10.4. The molecule has 0 aliphatic heterocycles. The number of rotatable bonds is 7. The van der Waals surface area contributed by atoms with E-state index in [1.807, 2.05) is 30.3 Å². The van der Waals surface area contributed by atoms with E-state index in [4.69, 9.17) is 9.05 Å². The zero-order chi connectivity index (χ0) is 20.9. The zero-order valence-electron chi connectivity index (χ0n) is 15.5. The minimum absolute atomic E-state index is 0.109. The number of carbonyl (C=O) groups is 2. The van der Waals surface area contributed by atoms with E-state index < -0.39 is 5.91 Å². The molecule has 10 nitrogen and oxygen atoms in total. The van der Waals surface area contributed by atoms with Gasteiger partial charge in [0.15, 0.2) is 21.6 Å². The molecule has 0 aliphatic carbocycles. The summed E-state index contributed by atoms with van der Waals surface area (Å²) in [6.07, 6.45) is 0. The normalized spacial score (nSPS) is 10.7. The Morgan fingerprint density at radius 1 is 1.07 bits per heavy atom. The predicted molar refractivity (Wildman–Crippen MR) is 110 cm³/mol. The first kappa shape index (κ1) is 19.8. The predicted octanol–water partition coefficient (Wildman–Crippen LogP) is 3.47. The fraction of sp³-hybridized carbons (Fsp3) is 0.111. The van der Waals surface area contributed by atoms with Crippen LogP contribution in [-0.4, -0.2) is 38.1 Å². The third-order valence-electron chi connectivity index (χ3n) is 3.65. The lowest BCUT2D eigenvalue weighted by atomic mass is 10.1. The summed E-state index contributed by atoms with van der Waals surface area (Å²) in [6, 6.07) is 12.5. The van der Waals surface area contributed by atoms with Gasteiger partial charge in [0.2, 0.25) is 11.0 Å². The van der Waals surface area contributed by atoms with Gasteiger partial charge in [-0.3, -0.25) is 14.9 Å². The fourth-order valence-corrected chi connectivity index (χ4v) is 3.88. The van der Waals surface area contributed by atoms with E-state index in [2.05, 4.69) is 31.1 Å². The quantitative estimate of drug-likeness (QED) is 0.325. The lowest BCUT2D eigenvalue weighted by Gasteiger charge is -1.98. The summed E-state index contributed by atoms with van der Waals surface area (Å²) in [5.41, 5.74) is 0.943. The second-order valence-corrected chi connectivity index (χ2v) is 8.13. The highest BCUT2D eigenvalue weighted by molar-refractivity contribution is 8.01.